The summed E-state index contributed by atoms with van der Waals surface area (Å²) < 4.78 is 2.16. The van der Waals surface area contributed by atoms with Crippen molar-refractivity contribution in [2.45, 2.75) is 6.92 Å². The first kappa shape index (κ1) is 11.3. The van der Waals surface area contributed by atoms with Crippen LogP contribution < -0.4 is 4.90 Å². The molecule has 18 heavy (non-hydrogen) atoms. The second-order valence-corrected chi connectivity index (χ2v) is 5.71. The maximum absolute atomic E-state index is 4.34. The van der Waals surface area contributed by atoms with Crippen molar-refractivity contribution in [1.29, 1.82) is 0 Å². The lowest BCUT2D eigenvalue weighted by molar-refractivity contribution is 1.13. The average molecular weight is 257 g/mol. The third kappa shape index (κ3) is 1.69. The molecule has 0 fully saturated rings. The molecule has 1 aromatic carbocycles. The molecule has 0 amide bonds. The number of hydrogen-bond acceptors (Lipinski definition) is 3. The summed E-state index contributed by atoms with van der Waals surface area (Å²) in [5.41, 5.74) is 3.70. The number of thiazole rings is 1. The highest BCUT2D eigenvalue weighted by atomic mass is 32.1. The predicted molar refractivity (Wildman–Crippen MR) is 77.6 cm³/mol. The molecule has 0 saturated carbocycles. The van der Waals surface area contributed by atoms with E-state index in [2.05, 4.69) is 59.6 Å². The van der Waals surface area contributed by atoms with Gasteiger partial charge in [-0.25, -0.2) is 4.98 Å². The minimum atomic E-state index is 1.05. The molecule has 0 aliphatic carbocycles. The maximum Gasteiger partial charge on any atom is 0.194 e. The van der Waals surface area contributed by atoms with E-state index in [1.54, 1.807) is 11.3 Å². The molecule has 0 saturated heterocycles. The fourth-order valence-electron chi connectivity index (χ4n) is 2.15. The molecule has 0 N–H and O–H groups in total. The van der Waals surface area contributed by atoms with Crippen LogP contribution in [0.1, 0.15) is 4.88 Å². The molecule has 0 atom stereocenters. The van der Waals surface area contributed by atoms with E-state index in [4.69, 9.17) is 0 Å². The van der Waals surface area contributed by atoms with E-state index in [1.165, 1.54) is 21.8 Å². The van der Waals surface area contributed by atoms with Gasteiger partial charge in [-0.3, -0.25) is 4.40 Å². The number of aromatic nitrogens is 2. The Hall–Kier alpha value is -1.81. The number of benzene rings is 1. The number of anilines is 1. The van der Waals surface area contributed by atoms with Crippen LogP contribution in [-0.4, -0.2) is 23.5 Å². The van der Waals surface area contributed by atoms with Crippen LogP contribution in [0.15, 0.2) is 36.7 Å². The van der Waals surface area contributed by atoms with Crippen molar-refractivity contribution in [3.63, 3.8) is 0 Å². The zero-order valence-electron chi connectivity index (χ0n) is 10.7. The van der Waals surface area contributed by atoms with Gasteiger partial charge < -0.3 is 4.90 Å². The number of rotatable bonds is 2. The lowest BCUT2D eigenvalue weighted by atomic mass is 10.1. The molecule has 3 nitrogen and oxygen atoms in total. The van der Waals surface area contributed by atoms with Gasteiger partial charge in [0.2, 0.25) is 0 Å². The van der Waals surface area contributed by atoms with Crippen molar-refractivity contribution < 1.29 is 0 Å². The fourth-order valence-corrected chi connectivity index (χ4v) is 3.10. The first-order chi connectivity index (χ1) is 8.66. The normalized spacial score (nSPS) is 11.1. The van der Waals surface area contributed by atoms with E-state index < -0.39 is 0 Å². The first-order valence-corrected chi connectivity index (χ1v) is 6.68. The molecule has 3 rings (SSSR count). The Bertz CT molecular complexity index is 677. The van der Waals surface area contributed by atoms with Gasteiger partial charge in [-0.2, -0.15) is 0 Å². The molecule has 2 aromatic heterocycles. The maximum atomic E-state index is 4.34. The molecule has 0 aliphatic rings. The number of nitrogens with zero attached hydrogens (tertiary/aromatic N) is 3. The van der Waals surface area contributed by atoms with Crippen LogP contribution in [0.2, 0.25) is 0 Å². The SMILES string of the molecule is Cc1sc2nccn2c1-c1ccc(N(C)C)cc1. The summed E-state index contributed by atoms with van der Waals surface area (Å²) in [7, 11) is 4.11. The molecule has 2 heterocycles. The van der Waals surface area contributed by atoms with Gasteiger partial charge in [0.15, 0.2) is 4.96 Å². The lowest BCUT2D eigenvalue weighted by Gasteiger charge is -2.12. The lowest BCUT2D eigenvalue weighted by Crippen LogP contribution is -2.07. The van der Waals surface area contributed by atoms with Gasteiger partial charge in [-0.05, 0) is 24.6 Å². The molecule has 4 heteroatoms. The predicted octanol–water partition coefficient (Wildman–Crippen LogP) is 3.44. The van der Waals surface area contributed by atoms with Gasteiger partial charge in [-0.15, -0.1) is 11.3 Å². The minimum absolute atomic E-state index is 1.05. The summed E-state index contributed by atoms with van der Waals surface area (Å²) >= 11 is 1.73. The smallest absolute Gasteiger partial charge is 0.194 e. The standard InChI is InChI=1S/C14H15N3S/c1-10-13(17-9-8-15-14(17)18-10)11-4-6-12(7-5-11)16(2)3/h4-9H,1-3H3. The van der Waals surface area contributed by atoms with E-state index in [-0.39, 0.29) is 0 Å². The van der Waals surface area contributed by atoms with E-state index in [1.807, 2.05) is 12.4 Å². The van der Waals surface area contributed by atoms with Crippen LogP contribution >= 0.6 is 11.3 Å². The monoisotopic (exact) mass is 257 g/mol. The van der Waals surface area contributed by atoms with E-state index in [0.29, 0.717) is 0 Å². The topological polar surface area (TPSA) is 20.5 Å². The van der Waals surface area contributed by atoms with Gasteiger partial charge >= 0.3 is 0 Å². The van der Waals surface area contributed by atoms with Crippen molar-refractivity contribution in [1.82, 2.24) is 9.38 Å². The Balaban J connectivity index is 2.13. The molecule has 0 aliphatic heterocycles. The molecule has 0 bridgehead atoms. The fraction of sp³-hybridized carbons (Fsp3) is 0.214. The molecular weight excluding hydrogens is 242 g/mol. The molecule has 0 unspecified atom stereocenters. The third-order valence-corrected chi connectivity index (χ3v) is 4.07. The Kier molecular flexibility index (Phi) is 2.59. The number of imidazole rings is 1. The Morgan fingerprint density at radius 1 is 1.17 bits per heavy atom. The quantitative estimate of drug-likeness (QED) is 0.701. The van der Waals surface area contributed by atoms with Crippen LogP contribution in [0, 0.1) is 6.92 Å². The molecule has 3 aromatic rings. The van der Waals surface area contributed by atoms with E-state index in [0.717, 1.165) is 4.96 Å². The highest BCUT2D eigenvalue weighted by Gasteiger charge is 2.11. The third-order valence-electron chi connectivity index (χ3n) is 3.08. The minimum Gasteiger partial charge on any atom is -0.378 e. The zero-order chi connectivity index (χ0) is 12.7. The van der Waals surface area contributed by atoms with Gasteiger partial charge in [0.05, 0.1) is 5.69 Å². The van der Waals surface area contributed by atoms with Crippen LogP contribution in [0.3, 0.4) is 0 Å². The van der Waals surface area contributed by atoms with Gasteiger partial charge in [0, 0.05) is 37.1 Å². The Morgan fingerprint density at radius 2 is 1.89 bits per heavy atom. The van der Waals surface area contributed by atoms with E-state index >= 15 is 0 Å². The van der Waals surface area contributed by atoms with Crippen molar-refractivity contribution in [3.05, 3.63) is 41.5 Å². The number of aryl methyl sites for hydroxylation is 1. The van der Waals surface area contributed by atoms with Crippen molar-refractivity contribution in [2.75, 3.05) is 19.0 Å². The first-order valence-electron chi connectivity index (χ1n) is 5.87. The Labute approximate surface area is 110 Å². The summed E-state index contributed by atoms with van der Waals surface area (Å²) in [6, 6.07) is 8.64. The highest BCUT2D eigenvalue weighted by molar-refractivity contribution is 7.17. The van der Waals surface area contributed by atoms with Gasteiger partial charge in [0.25, 0.3) is 0 Å². The summed E-state index contributed by atoms with van der Waals surface area (Å²) in [6.07, 6.45) is 3.87. The van der Waals surface area contributed by atoms with Gasteiger partial charge in [-0.1, -0.05) is 12.1 Å². The van der Waals surface area contributed by atoms with Crippen molar-refractivity contribution >= 4 is 22.0 Å². The molecule has 0 radical (unpaired) electrons. The van der Waals surface area contributed by atoms with Crippen LogP contribution in [0.25, 0.3) is 16.2 Å². The molecule has 0 spiro atoms. The second kappa shape index (κ2) is 4.14. The largest absolute Gasteiger partial charge is 0.378 e. The number of fused-ring (bicyclic) bond motifs is 1. The van der Waals surface area contributed by atoms with Crippen molar-refractivity contribution in [3.8, 4) is 11.3 Å². The molecule has 92 valence electrons. The Morgan fingerprint density at radius 3 is 2.56 bits per heavy atom. The van der Waals surface area contributed by atoms with Crippen LogP contribution in [0.4, 0.5) is 5.69 Å². The molecular formula is C14H15N3S. The van der Waals surface area contributed by atoms with Gasteiger partial charge in [0.1, 0.15) is 0 Å². The van der Waals surface area contributed by atoms with Crippen LogP contribution in [-0.2, 0) is 0 Å². The average Bonchev–Trinajstić information content (AvgIpc) is 2.89. The summed E-state index contributed by atoms with van der Waals surface area (Å²) in [5, 5.41) is 0. The summed E-state index contributed by atoms with van der Waals surface area (Å²) in [5.74, 6) is 0. The number of hydrogen-bond donors (Lipinski definition) is 0. The summed E-state index contributed by atoms with van der Waals surface area (Å²) in [6.45, 7) is 2.15. The van der Waals surface area contributed by atoms with E-state index in [9.17, 15) is 0 Å². The van der Waals surface area contributed by atoms with Crippen molar-refractivity contribution in [2.24, 2.45) is 0 Å². The second-order valence-electron chi connectivity index (χ2n) is 4.53. The van der Waals surface area contributed by atoms with Crippen LogP contribution in [0.5, 0.6) is 0 Å². The summed E-state index contributed by atoms with van der Waals surface area (Å²) in [4.78, 5) is 8.81. The highest BCUT2D eigenvalue weighted by Crippen LogP contribution is 2.31. The zero-order valence-corrected chi connectivity index (χ0v) is 11.5.